The monoisotopic (exact) mass is 343 g/mol. The summed E-state index contributed by atoms with van der Waals surface area (Å²) in [6.07, 6.45) is 2.32. The van der Waals surface area contributed by atoms with Crippen LogP contribution in [0.25, 0.3) is 0 Å². The predicted molar refractivity (Wildman–Crippen MR) is 80.8 cm³/mol. The van der Waals surface area contributed by atoms with E-state index in [1.54, 1.807) is 7.05 Å². The van der Waals surface area contributed by atoms with Gasteiger partial charge in [0.2, 0.25) is 0 Å². The van der Waals surface area contributed by atoms with E-state index in [0.29, 0.717) is 6.04 Å². The molecule has 0 saturated heterocycles. The molecular formula is C11H26IN3O. The molecule has 98 valence electrons. The van der Waals surface area contributed by atoms with E-state index in [2.05, 4.69) is 36.4 Å². The maximum absolute atomic E-state index is 5.43. The van der Waals surface area contributed by atoms with Gasteiger partial charge in [-0.3, -0.25) is 4.99 Å². The lowest BCUT2D eigenvalue weighted by atomic mass is 10.4. The van der Waals surface area contributed by atoms with Gasteiger partial charge in [-0.25, -0.2) is 0 Å². The highest BCUT2D eigenvalue weighted by molar-refractivity contribution is 14.0. The van der Waals surface area contributed by atoms with Crippen LogP contribution in [-0.4, -0.2) is 38.8 Å². The van der Waals surface area contributed by atoms with Gasteiger partial charge in [0, 0.05) is 26.2 Å². The molecule has 16 heavy (non-hydrogen) atoms. The van der Waals surface area contributed by atoms with E-state index >= 15 is 0 Å². The van der Waals surface area contributed by atoms with Gasteiger partial charge in [0.25, 0.3) is 0 Å². The second-order valence-corrected chi connectivity index (χ2v) is 3.76. The van der Waals surface area contributed by atoms with Crippen LogP contribution in [0, 0.1) is 0 Å². The van der Waals surface area contributed by atoms with Crippen molar-refractivity contribution in [2.45, 2.75) is 39.7 Å². The second-order valence-electron chi connectivity index (χ2n) is 3.76. The quantitative estimate of drug-likeness (QED) is 0.322. The van der Waals surface area contributed by atoms with Crippen molar-refractivity contribution in [3.05, 3.63) is 0 Å². The van der Waals surface area contributed by atoms with Gasteiger partial charge in [-0.05, 0) is 20.3 Å². The van der Waals surface area contributed by atoms with Crippen molar-refractivity contribution < 1.29 is 4.74 Å². The largest absolute Gasteiger partial charge is 0.380 e. The third-order valence-corrected chi connectivity index (χ3v) is 1.83. The molecule has 0 heterocycles. The lowest BCUT2D eigenvalue weighted by Gasteiger charge is -2.14. The summed E-state index contributed by atoms with van der Waals surface area (Å²) in [5.74, 6) is 0.837. The minimum absolute atomic E-state index is 0. The van der Waals surface area contributed by atoms with Crippen LogP contribution in [0.5, 0.6) is 0 Å². The van der Waals surface area contributed by atoms with E-state index in [1.165, 1.54) is 6.42 Å². The molecule has 0 rings (SSSR count). The summed E-state index contributed by atoms with van der Waals surface area (Å²) in [7, 11) is 1.77. The van der Waals surface area contributed by atoms with Gasteiger partial charge >= 0.3 is 0 Å². The maximum Gasteiger partial charge on any atom is 0.191 e. The SMILES string of the molecule is CCCCOCCNC(=NC)NC(C)C.I. The Bertz CT molecular complexity index is 175. The average Bonchev–Trinajstić information content (AvgIpc) is 2.20. The number of nitrogens with one attached hydrogen (secondary N) is 2. The van der Waals surface area contributed by atoms with E-state index in [9.17, 15) is 0 Å². The molecule has 0 bridgehead atoms. The molecule has 0 aromatic carbocycles. The number of aliphatic imine (C=N–C) groups is 1. The summed E-state index contributed by atoms with van der Waals surface area (Å²) >= 11 is 0. The molecular weight excluding hydrogens is 317 g/mol. The summed E-state index contributed by atoms with van der Waals surface area (Å²) in [6.45, 7) is 8.73. The molecule has 0 unspecified atom stereocenters. The number of unbranched alkanes of at least 4 members (excludes halogenated alkanes) is 1. The summed E-state index contributed by atoms with van der Waals surface area (Å²) in [4.78, 5) is 4.10. The van der Waals surface area contributed by atoms with E-state index < -0.39 is 0 Å². The number of hydrogen-bond acceptors (Lipinski definition) is 2. The molecule has 0 spiro atoms. The average molecular weight is 343 g/mol. The topological polar surface area (TPSA) is 45.6 Å². The number of ether oxygens (including phenoxy) is 1. The molecule has 0 aliphatic carbocycles. The Hall–Kier alpha value is -0.0400. The Morgan fingerprint density at radius 1 is 1.31 bits per heavy atom. The smallest absolute Gasteiger partial charge is 0.191 e. The third kappa shape index (κ3) is 12.0. The molecule has 0 saturated carbocycles. The Morgan fingerprint density at radius 2 is 2.00 bits per heavy atom. The van der Waals surface area contributed by atoms with E-state index in [-0.39, 0.29) is 24.0 Å². The Morgan fingerprint density at radius 3 is 2.50 bits per heavy atom. The summed E-state index contributed by atoms with van der Waals surface area (Å²) < 4.78 is 5.43. The highest BCUT2D eigenvalue weighted by Gasteiger charge is 1.98. The zero-order valence-corrected chi connectivity index (χ0v) is 13.2. The maximum atomic E-state index is 5.43. The molecule has 0 aliphatic heterocycles. The van der Waals surface area contributed by atoms with Crippen LogP contribution in [-0.2, 0) is 4.74 Å². The predicted octanol–water partition coefficient (Wildman–Crippen LogP) is 1.99. The van der Waals surface area contributed by atoms with Gasteiger partial charge in [0.05, 0.1) is 6.61 Å². The molecule has 0 aliphatic rings. The van der Waals surface area contributed by atoms with Crippen LogP contribution in [0.1, 0.15) is 33.6 Å². The molecule has 0 fully saturated rings. The lowest BCUT2D eigenvalue weighted by molar-refractivity contribution is 0.136. The normalized spacial score (nSPS) is 11.2. The van der Waals surface area contributed by atoms with Crippen LogP contribution >= 0.6 is 24.0 Å². The number of rotatable bonds is 7. The molecule has 0 aromatic heterocycles. The van der Waals surface area contributed by atoms with Gasteiger partial charge in [-0.1, -0.05) is 13.3 Å². The molecule has 5 heteroatoms. The van der Waals surface area contributed by atoms with E-state index in [1.807, 2.05) is 0 Å². The molecule has 4 nitrogen and oxygen atoms in total. The van der Waals surface area contributed by atoms with Crippen LogP contribution in [0.2, 0.25) is 0 Å². The van der Waals surface area contributed by atoms with Crippen LogP contribution < -0.4 is 10.6 Å². The van der Waals surface area contributed by atoms with Gasteiger partial charge < -0.3 is 15.4 Å². The number of nitrogens with zero attached hydrogens (tertiary/aromatic N) is 1. The highest BCUT2D eigenvalue weighted by atomic mass is 127. The minimum Gasteiger partial charge on any atom is -0.380 e. The van der Waals surface area contributed by atoms with E-state index in [0.717, 1.165) is 32.1 Å². The Labute approximate surface area is 117 Å². The van der Waals surface area contributed by atoms with Gasteiger partial charge in [-0.2, -0.15) is 0 Å². The van der Waals surface area contributed by atoms with Gasteiger partial charge in [0.15, 0.2) is 5.96 Å². The molecule has 0 amide bonds. The summed E-state index contributed by atoms with van der Waals surface area (Å²) in [5, 5.41) is 6.41. The van der Waals surface area contributed by atoms with Crippen molar-refractivity contribution in [3.8, 4) is 0 Å². The van der Waals surface area contributed by atoms with Crippen molar-refractivity contribution in [3.63, 3.8) is 0 Å². The standard InChI is InChI=1S/C11H25N3O.HI/c1-5-6-8-15-9-7-13-11(12-4)14-10(2)3;/h10H,5-9H2,1-4H3,(H2,12,13,14);1H. The first-order valence-corrected chi connectivity index (χ1v) is 5.75. The molecule has 2 N–H and O–H groups in total. The Balaban J connectivity index is 0. The fourth-order valence-corrected chi connectivity index (χ4v) is 1.06. The molecule has 0 atom stereocenters. The van der Waals surface area contributed by atoms with Crippen molar-refractivity contribution >= 4 is 29.9 Å². The Kier molecular flexibility index (Phi) is 14.9. The first-order chi connectivity index (χ1) is 7.20. The zero-order chi connectivity index (χ0) is 11.5. The zero-order valence-electron chi connectivity index (χ0n) is 10.9. The van der Waals surface area contributed by atoms with Crippen molar-refractivity contribution in [1.82, 2.24) is 10.6 Å². The fraction of sp³-hybridized carbons (Fsp3) is 0.909. The van der Waals surface area contributed by atoms with Gasteiger partial charge in [0.1, 0.15) is 0 Å². The number of hydrogen-bond donors (Lipinski definition) is 2. The number of halogens is 1. The van der Waals surface area contributed by atoms with Crippen LogP contribution in [0.3, 0.4) is 0 Å². The van der Waals surface area contributed by atoms with Crippen molar-refractivity contribution in [2.75, 3.05) is 26.8 Å². The lowest BCUT2D eigenvalue weighted by Crippen LogP contribution is -2.42. The molecule has 0 radical (unpaired) electrons. The minimum atomic E-state index is 0. The summed E-state index contributed by atoms with van der Waals surface area (Å²) in [5.41, 5.74) is 0. The second kappa shape index (κ2) is 13.0. The molecule has 0 aromatic rings. The van der Waals surface area contributed by atoms with Crippen LogP contribution in [0.4, 0.5) is 0 Å². The first kappa shape index (κ1) is 18.3. The third-order valence-electron chi connectivity index (χ3n) is 1.83. The number of guanidine groups is 1. The fourth-order valence-electron chi connectivity index (χ4n) is 1.06. The highest BCUT2D eigenvalue weighted by Crippen LogP contribution is 1.86. The van der Waals surface area contributed by atoms with Gasteiger partial charge in [-0.15, -0.1) is 24.0 Å². The van der Waals surface area contributed by atoms with E-state index in [4.69, 9.17) is 4.74 Å². The van der Waals surface area contributed by atoms with Crippen LogP contribution in [0.15, 0.2) is 4.99 Å². The van der Waals surface area contributed by atoms with Crippen molar-refractivity contribution in [1.29, 1.82) is 0 Å². The first-order valence-electron chi connectivity index (χ1n) is 5.75. The van der Waals surface area contributed by atoms with Crippen molar-refractivity contribution in [2.24, 2.45) is 4.99 Å². The summed E-state index contributed by atoms with van der Waals surface area (Å²) in [6, 6.07) is 0.400.